The second-order valence-electron chi connectivity index (χ2n) is 4.13. The van der Waals surface area contributed by atoms with Crippen LogP contribution in [-0.2, 0) is 4.79 Å². The normalized spacial score (nSPS) is 16.4. The molecule has 0 aliphatic carbocycles. The summed E-state index contributed by atoms with van der Waals surface area (Å²) in [6.45, 7) is 1.55. The number of ether oxygens (including phenoxy) is 1. The lowest BCUT2D eigenvalue weighted by Crippen LogP contribution is -2.54. The molecule has 1 heterocycles. The Hall–Kier alpha value is -1.56. The van der Waals surface area contributed by atoms with E-state index < -0.39 is 23.2 Å². The molecule has 0 spiro atoms. The van der Waals surface area contributed by atoms with Gasteiger partial charge in [-0.2, -0.15) is 4.39 Å². The van der Waals surface area contributed by atoms with Crippen LogP contribution in [0.4, 0.5) is 13.2 Å². The number of halogens is 3. The fourth-order valence-corrected chi connectivity index (χ4v) is 1.80. The molecular weight excluding hydrogens is 247 g/mol. The van der Waals surface area contributed by atoms with Crippen LogP contribution in [0.25, 0.3) is 0 Å². The van der Waals surface area contributed by atoms with Crippen molar-refractivity contribution in [3.63, 3.8) is 0 Å². The van der Waals surface area contributed by atoms with Gasteiger partial charge < -0.3 is 9.53 Å². The van der Waals surface area contributed by atoms with E-state index in [0.717, 1.165) is 12.4 Å². The van der Waals surface area contributed by atoms with Gasteiger partial charge in [0.05, 0.1) is 0 Å². The van der Waals surface area contributed by atoms with Gasteiger partial charge >= 0.3 is 0 Å². The van der Waals surface area contributed by atoms with Crippen LogP contribution in [0.2, 0.25) is 0 Å². The van der Waals surface area contributed by atoms with Gasteiger partial charge in [0, 0.05) is 26.1 Å². The molecule has 1 saturated heterocycles. The van der Waals surface area contributed by atoms with Crippen LogP contribution in [-0.4, -0.2) is 36.9 Å². The molecule has 0 aromatic heterocycles. The number of hydrogen-bond acceptors (Lipinski definition) is 3. The van der Waals surface area contributed by atoms with Crippen LogP contribution in [0.1, 0.15) is 6.42 Å². The number of carbonyl (C=O) groups excluding carboxylic acids is 1. The van der Waals surface area contributed by atoms with Crippen molar-refractivity contribution in [2.24, 2.45) is 0 Å². The average Bonchev–Trinajstić information content (AvgIpc) is 2.31. The fraction of sp³-hybridized carbons (Fsp3) is 0.417. The first kappa shape index (κ1) is 12.9. The van der Waals surface area contributed by atoms with E-state index in [2.05, 4.69) is 0 Å². The Labute approximate surface area is 102 Å². The topological polar surface area (TPSA) is 29.5 Å². The molecule has 6 heteroatoms. The maximum atomic E-state index is 13.3. The minimum atomic E-state index is -1.30. The summed E-state index contributed by atoms with van der Waals surface area (Å²) in [6.07, 6.45) is 0.845. The number of aldehydes is 1. The highest BCUT2D eigenvalue weighted by molar-refractivity contribution is 5.49. The molecular formula is C12H12F3NO2. The minimum Gasteiger partial charge on any atom is -0.482 e. The van der Waals surface area contributed by atoms with E-state index in [-0.39, 0.29) is 6.10 Å². The van der Waals surface area contributed by atoms with Crippen molar-refractivity contribution < 1.29 is 22.7 Å². The molecule has 1 aliphatic heterocycles. The lowest BCUT2D eigenvalue weighted by molar-refractivity contribution is -0.108. The van der Waals surface area contributed by atoms with Crippen molar-refractivity contribution in [2.45, 2.75) is 12.5 Å². The Balaban J connectivity index is 1.92. The Bertz CT molecular complexity index is 447. The SMILES string of the molecule is O=CCCN1CC(Oc2c(F)ccc(F)c2F)C1. The summed E-state index contributed by atoms with van der Waals surface area (Å²) < 4.78 is 44.5. The summed E-state index contributed by atoms with van der Waals surface area (Å²) in [5, 5.41) is 0. The number of likely N-dealkylation sites (tertiary alicyclic amines) is 1. The molecule has 0 saturated carbocycles. The van der Waals surface area contributed by atoms with Crippen molar-refractivity contribution in [1.82, 2.24) is 4.90 Å². The van der Waals surface area contributed by atoms with Gasteiger partial charge in [0.2, 0.25) is 5.82 Å². The maximum absolute atomic E-state index is 13.3. The molecule has 0 atom stereocenters. The summed E-state index contributed by atoms with van der Waals surface area (Å²) in [7, 11) is 0. The number of nitrogens with zero attached hydrogens (tertiary/aromatic N) is 1. The second-order valence-corrected chi connectivity index (χ2v) is 4.13. The molecule has 0 N–H and O–H groups in total. The monoisotopic (exact) mass is 259 g/mol. The van der Waals surface area contributed by atoms with Crippen molar-refractivity contribution >= 4 is 6.29 Å². The summed E-state index contributed by atoms with van der Waals surface area (Å²) in [4.78, 5) is 12.1. The number of hydrogen-bond donors (Lipinski definition) is 0. The van der Waals surface area contributed by atoms with E-state index in [1.165, 1.54) is 0 Å². The van der Waals surface area contributed by atoms with Crippen molar-refractivity contribution in [2.75, 3.05) is 19.6 Å². The smallest absolute Gasteiger partial charge is 0.203 e. The van der Waals surface area contributed by atoms with Gasteiger partial charge in [0.1, 0.15) is 12.4 Å². The van der Waals surface area contributed by atoms with Crippen LogP contribution < -0.4 is 4.74 Å². The molecule has 1 aromatic carbocycles. The van der Waals surface area contributed by atoms with Crippen molar-refractivity contribution in [1.29, 1.82) is 0 Å². The van der Waals surface area contributed by atoms with E-state index in [0.29, 0.717) is 32.1 Å². The van der Waals surface area contributed by atoms with Gasteiger partial charge in [-0.15, -0.1) is 0 Å². The maximum Gasteiger partial charge on any atom is 0.203 e. The molecule has 18 heavy (non-hydrogen) atoms. The molecule has 0 bridgehead atoms. The molecule has 0 unspecified atom stereocenters. The molecule has 3 nitrogen and oxygen atoms in total. The third kappa shape index (κ3) is 2.64. The highest BCUT2D eigenvalue weighted by Crippen LogP contribution is 2.26. The molecule has 1 aromatic rings. The highest BCUT2D eigenvalue weighted by atomic mass is 19.2. The third-order valence-corrected chi connectivity index (χ3v) is 2.77. The van der Waals surface area contributed by atoms with E-state index >= 15 is 0 Å². The van der Waals surface area contributed by atoms with Gasteiger partial charge in [-0.05, 0) is 12.1 Å². The van der Waals surface area contributed by atoms with Crippen LogP contribution in [0.5, 0.6) is 5.75 Å². The zero-order chi connectivity index (χ0) is 13.1. The van der Waals surface area contributed by atoms with Crippen LogP contribution >= 0.6 is 0 Å². The van der Waals surface area contributed by atoms with E-state index in [9.17, 15) is 18.0 Å². The van der Waals surface area contributed by atoms with Gasteiger partial charge in [-0.25, -0.2) is 8.78 Å². The summed E-state index contributed by atoms with van der Waals surface area (Å²) >= 11 is 0. The zero-order valence-electron chi connectivity index (χ0n) is 9.54. The summed E-state index contributed by atoms with van der Waals surface area (Å²) in [5.41, 5.74) is 0. The Morgan fingerprint density at radius 2 is 1.94 bits per heavy atom. The first-order chi connectivity index (χ1) is 8.61. The van der Waals surface area contributed by atoms with Crippen molar-refractivity contribution in [3.8, 4) is 5.75 Å². The lowest BCUT2D eigenvalue weighted by atomic mass is 10.1. The second kappa shape index (κ2) is 5.39. The van der Waals surface area contributed by atoms with E-state index in [4.69, 9.17) is 4.74 Å². The quantitative estimate of drug-likeness (QED) is 0.596. The van der Waals surface area contributed by atoms with E-state index in [1.54, 1.807) is 0 Å². The van der Waals surface area contributed by atoms with Gasteiger partial charge in [0.15, 0.2) is 17.4 Å². The summed E-state index contributed by atoms with van der Waals surface area (Å²) in [5.74, 6) is -4.03. The van der Waals surface area contributed by atoms with E-state index in [1.807, 2.05) is 4.90 Å². The predicted molar refractivity (Wildman–Crippen MR) is 57.9 cm³/mol. The average molecular weight is 259 g/mol. The van der Waals surface area contributed by atoms with Crippen LogP contribution in [0.15, 0.2) is 12.1 Å². The lowest BCUT2D eigenvalue weighted by Gasteiger charge is -2.38. The zero-order valence-corrected chi connectivity index (χ0v) is 9.54. The standard InChI is InChI=1S/C12H12F3NO2/c13-9-2-3-10(14)12(11(9)15)18-8-6-16(7-8)4-1-5-17/h2-3,5,8H,1,4,6-7H2. The first-order valence-electron chi connectivity index (χ1n) is 5.58. The largest absolute Gasteiger partial charge is 0.482 e. The fourth-order valence-electron chi connectivity index (χ4n) is 1.80. The molecule has 98 valence electrons. The molecule has 1 aliphatic rings. The molecule has 2 rings (SSSR count). The van der Waals surface area contributed by atoms with Gasteiger partial charge in [0.25, 0.3) is 0 Å². The van der Waals surface area contributed by atoms with Crippen molar-refractivity contribution in [3.05, 3.63) is 29.6 Å². The Morgan fingerprint density at radius 3 is 2.61 bits per heavy atom. The van der Waals surface area contributed by atoms with Gasteiger partial charge in [-0.3, -0.25) is 4.90 Å². The number of carbonyl (C=O) groups is 1. The van der Waals surface area contributed by atoms with Crippen LogP contribution in [0.3, 0.4) is 0 Å². The predicted octanol–water partition coefficient (Wildman–Crippen LogP) is 1.76. The molecule has 0 amide bonds. The minimum absolute atomic E-state index is 0.373. The molecule has 1 fully saturated rings. The highest BCUT2D eigenvalue weighted by Gasteiger charge is 2.30. The number of rotatable bonds is 5. The Kier molecular flexibility index (Phi) is 3.86. The Morgan fingerprint density at radius 1 is 1.28 bits per heavy atom. The molecule has 0 radical (unpaired) electrons. The number of benzene rings is 1. The third-order valence-electron chi connectivity index (χ3n) is 2.77. The first-order valence-corrected chi connectivity index (χ1v) is 5.58. The summed E-state index contributed by atoms with van der Waals surface area (Å²) in [6, 6.07) is 1.55. The van der Waals surface area contributed by atoms with Gasteiger partial charge in [-0.1, -0.05) is 0 Å². The van der Waals surface area contributed by atoms with Crippen LogP contribution in [0, 0.1) is 17.5 Å².